The minimum atomic E-state index is -0.418. The van der Waals surface area contributed by atoms with Gasteiger partial charge in [-0.05, 0) is 43.2 Å². The summed E-state index contributed by atoms with van der Waals surface area (Å²) in [5.41, 5.74) is 1.36. The number of oxime groups is 1. The molecule has 0 radical (unpaired) electrons. The van der Waals surface area contributed by atoms with Crippen LogP contribution in [0.5, 0.6) is 5.75 Å². The van der Waals surface area contributed by atoms with E-state index in [1.54, 1.807) is 31.2 Å². The van der Waals surface area contributed by atoms with Gasteiger partial charge in [0, 0.05) is 0 Å². The van der Waals surface area contributed by atoms with Crippen LogP contribution in [0.25, 0.3) is 0 Å². The highest BCUT2D eigenvalue weighted by Crippen LogP contribution is 2.15. The van der Waals surface area contributed by atoms with Crippen LogP contribution in [0.1, 0.15) is 25.8 Å². The second-order valence-electron chi connectivity index (χ2n) is 3.35. The van der Waals surface area contributed by atoms with Crippen molar-refractivity contribution in [3.8, 4) is 11.8 Å². The van der Waals surface area contributed by atoms with Gasteiger partial charge in [0.1, 0.15) is 11.8 Å². The summed E-state index contributed by atoms with van der Waals surface area (Å²) in [7, 11) is 0. The molecule has 1 N–H and O–H groups in total. The van der Waals surface area contributed by atoms with Gasteiger partial charge < -0.3 is 9.94 Å². The zero-order chi connectivity index (χ0) is 12.0. The molecule has 0 saturated heterocycles. The molecule has 0 aromatic heterocycles. The molecule has 1 aromatic rings. The van der Waals surface area contributed by atoms with Crippen LogP contribution in [0.4, 0.5) is 0 Å². The minimum absolute atomic E-state index is 0.418. The second kappa shape index (κ2) is 5.76. The van der Waals surface area contributed by atoms with Crippen LogP contribution < -0.4 is 4.74 Å². The molecule has 1 atom stereocenters. The summed E-state index contributed by atoms with van der Waals surface area (Å²) in [6.07, 6.45) is 0.230. The molecule has 0 spiro atoms. The highest BCUT2D eigenvalue weighted by molar-refractivity contribution is 5.98. The van der Waals surface area contributed by atoms with Crippen molar-refractivity contribution in [1.29, 1.82) is 5.26 Å². The van der Waals surface area contributed by atoms with Gasteiger partial charge in [0.15, 0.2) is 6.10 Å². The predicted octanol–water partition coefficient (Wildman–Crippen LogP) is 2.57. The van der Waals surface area contributed by atoms with Gasteiger partial charge in [-0.25, -0.2) is 0 Å². The summed E-state index contributed by atoms with van der Waals surface area (Å²) in [6, 6.07) is 9.14. The lowest BCUT2D eigenvalue weighted by molar-refractivity contribution is 0.252. The molecule has 4 heteroatoms. The third-order valence-electron chi connectivity index (χ3n) is 2.22. The molecule has 0 saturated carbocycles. The average molecular weight is 218 g/mol. The fourth-order valence-electron chi connectivity index (χ4n) is 1.20. The van der Waals surface area contributed by atoms with Gasteiger partial charge in [-0.2, -0.15) is 5.26 Å². The lowest BCUT2D eigenvalue weighted by atomic mass is 10.1. The number of ether oxygens (including phenoxy) is 1. The van der Waals surface area contributed by atoms with E-state index in [9.17, 15) is 0 Å². The van der Waals surface area contributed by atoms with Crippen molar-refractivity contribution in [1.82, 2.24) is 0 Å². The van der Waals surface area contributed by atoms with E-state index in [2.05, 4.69) is 11.2 Å². The maximum atomic E-state index is 8.74. The topological polar surface area (TPSA) is 65.6 Å². The van der Waals surface area contributed by atoms with E-state index in [1.165, 1.54) is 0 Å². The van der Waals surface area contributed by atoms with E-state index >= 15 is 0 Å². The molecule has 0 bridgehead atoms. The summed E-state index contributed by atoms with van der Waals surface area (Å²) in [6.45, 7) is 3.60. The van der Waals surface area contributed by atoms with Crippen LogP contribution in [-0.4, -0.2) is 17.0 Å². The zero-order valence-corrected chi connectivity index (χ0v) is 9.34. The molecule has 0 aliphatic rings. The highest BCUT2D eigenvalue weighted by atomic mass is 16.5. The van der Waals surface area contributed by atoms with E-state index in [1.807, 2.05) is 6.92 Å². The Hall–Kier alpha value is -2.02. The lowest BCUT2D eigenvalue weighted by Crippen LogP contribution is -2.12. The van der Waals surface area contributed by atoms with Crippen molar-refractivity contribution in [2.75, 3.05) is 0 Å². The Morgan fingerprint density at radius 2 is 2.12 bits per heavy atom. The van der Waals surface area contributed by atoms with E-state index in [0.717, 1.165) is 5.56 Å². The first kappa shape index (κ1) is 12.1. The predicted molar refractivity (Wildman–Crippen MR) is 60.8 cm³/mol. The van der Waals surface area contributed by atoms with Crippen LogP contribution in [0, 0.1) is 11.3 Å². The normalized spacial score (nSPS) is 12.9. The van der Waals surface area contributed by atoms with E-state index in [0.29, 0.717) is 17.9 Å². The Labute approximate surface area is 94.8 Å². The van der Waals surface area contributed by atoms with E-state index in [-0.39, 0.29) is 0 Å². The smallest absolute Gasteiger partial charge is 0.184 e. The van der Waals surface area contributed by atoms with E-state index < -0.39 is 6.10 Å². The standard InChI is InChI=1S/C12H14N2O2/c1-3-11(8-13)16-12-6-4-10(5-7-12)9(2)14-15/h4-7,11,15H,3H2,1-2H3. The summed E-state index contributed by atoms with van der Waals surface area (Å²) < 4.78 is 5.42. The van der Waals surface area contributed by atoms with Crippen LogP contribution in [0.15, 0.2) is 29.4 Å². The third-order valence-corrected chi connectivity index (χ3v) is 2.22. The first-order valence-electron chi connectivity index (χ1n) is 5.06. The number of hydrogen-bond acceptors (Lipinski definition) is 4. The minimum Gasteiger partial charge on any atom is -0.476 e. The van der Waals surface area contributed by atoms with Crippen LogP contribution in [0.2, 0.25) is 0 Å². The molecule has 0 aliphatic carbocycles. The van der Waals surface area contributed by atoms with Crippen LogP contribution in [0.3, 0.4) is 0 Å². The average Bonchev–Trinajstić information content (AvgIpc) is 2.35. The maximum absolute atomic E-state index is 8.74. The lowest BCUT2D eigenvalue weighted by Gasteiger charge is -2.10. The van der Waals surface area contributed by atoms with Crippen molar-refractivity contribution < 1.29 is 9.94 Å². The fraction of sp³-hybridized carbons (Fsp3) is 0.333. The van der Waals surface area contributed by atoms with Crippen molar-refractivity contribution in [3.05, 3.63) is 29.8 Å². The van der Waals surface area contributed by atoms with Gasteiger partial charge in [0.2, 0.25) is 0 Å². The molecule has 1 aromatic carbocycles. The first-order valence-corrected chi connectivity index (χ1v) is 5.06. The monoisotopic (exact) mass is 218 g/mol. The van der Waals surface area contributed by atoms with Gasteiger partial charge in [-0.15, -0.1) is 0 Å². The maximum Gasteiger partial charge on any atom is 0.184 e. The molecule has 84 valence electrons. The SMILES string of the molecule is CCC(C#N)Oc1ccc(C(C)=NO)cc1. The molecule has 0 aliphatic heterocycles. The Morgan fingerprint density at radius 3 is 2.56 bits per heavy atom. The number of hydrogen-bond donors (Lipinski definition) is 1. The molecule has 0 fully saturated rings. The Balaban J connectivity index is 2.76. The molecule has 1 unspecified atom stereocenters. The third kappa shape index (κ3) is 2.99. The molecule has 4 nitrogen and oxygen atoms in total. The van der Waals surface area contributed by atoms with Gasteiger partial charge >= 0.3 is 0 Å². The quantitative estimate of drug-likeness (QED) is 0.480. The second-order valence-corrected chi connectivity index (χ2v) is 3.35. The number of rotatable bonds is 4. The van der Waals surface area contributed by atoms with Crippen molar-refractivity contribution in [2.45, 2.75) is 26.4 Å². The molecule has 16 heavy (non-hydrogen) atoms. The number of benzene rings is 1. The molecule has 0 heterocycles. The Bertz CT molecular complexity index is 404. The van der Waals surface area contributed by atoms with E-state index in [4.69, 9.17) is 15.2 Å². The molecule has 1 rings (SSSR count). The van der Waals surface area contributed by atoms with Crippen LogP contribution in [-0.2, 0) is 0 Å². The van der Waals surface area contributed by atoms with Crippen molar-refractivity contribution >= 4 is 5.71 Å². The van der Waals surface area contributed by atoms with Gasteiger partial charge in [0.05, 0.1) is 5.71 Å². The molecule has 0 amide bonds. The van der Waals surface area contributed by atoms with Crippen molar-refractivity contribution in [3.63, 3.8) is 0 Å². The summed E-state index contributed by atoms with van der Waals surface area (Å²) in [5.74, 6) is 0.642. The van der Waals surface area contributed by atoms with Gasteiger partial charge in [0.25, 0.3) is 0 Å². The summed E-state index contributed by atoms with van der Waals surface area (Å²) in [5, 5.41) is 20.4. The summed E-state index contributed by atoms with van der Waals surface area (Å²) in [4.78, 5) is 0. The largest absolute Gasteiger partial charge is 0.476 e. The number of nitrogens with zero attached hydrogens (tertiary/aromatic N) is 2. The molecular formula is C12H14N2O2. The number of nitriles is 1. The fourth-order valence-corrected chi connectivity index (χ4v) is 1.20. The summed E-state index contributed by atoms with van der Waals surface area (Å²) >= 11 is 0. The Kier molecular flexibility index (Phi) is 4.34. The molecular weight excluding hydrogens is 204 g/mol. The van der Waals surface area contributed by atoms with Crippen LogP contribution >= 0.6 is 0 Å². The zero-order valence-electron chi connectivity index (χ0n) is 9.34. The van der Waals surface area contributed by atoms with Crippen molar-refractivity contribution in [2.24, 2.45) is 5.16 Å². The Morgan fingerprint density at radius 1 is 1.50 bits per heavy atom. The first-order chi connectivity index (χ1) is 7.71. The van der Waals surface area contributed by atoms with Gasteiger partial charge in [-0.3, -0.25) is 0 Å². The highest BCUT2D eigenvalue weighted by Gasteiger charge is 2.06. The van der Waals surface area contributed by atoms with Gasteiger partial charge in [-0.1, -0.05) is 12.1 Å².